The zero-order valence-corrected chi connectivity index (χ0v) is 22.9. The van der Waals surface area contributed by atoms with E-state index in [1.807, 2.05) is 157 Å². The number of anilines is 6. The van der Waals surface area contributed by atoms with Crippen molar-refractivity contribution in [1.29, 1.82) is 0 Å². The molecular weight excluding hydrogens is 506 g/mol. The van der Waals surface area contributed by atoms with E-state index in [-0.39, 0.29) is 6.01 Å². The van der Waals surface area contributed by atoms with Crippen LogP contribution in [0.3, 0.4) is 0 Å². The van der Waals surface area contributed by atoms with Crippen LogP contribution in [0.15, 0.2) is 140 Å². The third-order valence-electron chi connectivity index (χ3n) is 6.45. The van der Waals surface area contributed by atoms with Crippen molar-refractivity contribution in [1.82, 2.24) is 15.0 Å². The number of nitrogens with zero attached hydrogens (tertiary/aromatic N) is 5. The molecule has 6 heteroatoms. The molecule has 6 rings (SSSR count). The predicted octanol–water partition coefficient (Wildman–Crippen LogP) is 9.22. The summed E-state index contributed by atoms with van der Waals surface area (Å²) in [4.78, 5) is 18.8. The van der Waals surface area contributed by atoms with Gasteiger partial charge in [-0.1, -0.05) is 78.9 Å². The van der Waals surface area contributed by atoms with Crippen LogP contribution in [-0.2, 0) is 0 Å². The molecule has 0 amide bonds. The second-order valence-corrected chi connectivity index (χ2v) is 9.66. The Kier molecular flexibility index (Phi) is 7.36. The van der Waals surface area contributed by atoms with Gasteiger partial charge in [0.2, 0.25) is 11.9 Å². The maximum atomic E-state index is 6.35. The Balaban J connectivity index is 1.57. The predicted molar refractivity (Wildman–Crippen MR) is 165 cm³/mol. The number of rotatable bonds is 8. The van der Waals surface area contributed by atoms with E-state index in [0.29, 0.717) is 17.6 Å². The van der Waals surface area contributed by atoms with Crippen molar-refractivity contribution in [3.8, 4) is 11.8 Å². The molecule has 1 heterocycles. The zero-order valence-electron chi connectivity index (χ0n) is 22.9. The fourth-order valence-corrected chi connectivity index (χ4v) is 4.75. The molecule has 0 atom stereocenters. The van der Waals surface area contributed by atoms with E-state index in [1.165, 1.54) is 0 Å². The molecule has 0 aliphatic rings. The zero-order chi connectivity index (χ0) is 28.0. The molecule has 0 saturated carbocycles. The lowest BCUT2D eigenvalue weighted by Gasteiger charge is -2.27. The molecule has 0 bridgehead atoms. The Morgan fingerprint density at radius 3 is 1.12 bits per heavy atom. The summed E-state index contributed by atoms with van der Waals surface area (Å²) in [6.07, 6.45) is 0. The van der Waals surface area contributed by atoms with Gasteiger partial charge in [0.15, 0.2) is 0 Å². The van der Waals surface area contributed by atoms with Crippen LogP contribution in [0.25, 0.3) is 0 Å². The van der Waals surface area contributed by atoms with Crippen LogP contribution in [0, 0.1) is 13.8 Å². The highest BCUT2D eigenvalue weighted by molar-refractivity contribution is 5.76. The quantitative estimate of drug-likeness (QED) is 0.194. The van der Waals surface area contributed by atoms with E-state index in [1.54, 1.807) is 0 Å². The maximum Gasteiger partial charge on any atom is 0.328 e. The highest BCUT2D eigenvalue weighted by atomic mass is 16.5. The number of hydrogen-bond donors (Lipinski definition) is 0. The molecule has 200 valence electrons. The number of hydrogen-bond acceptors (Lipinski definition) is 6. The van der Waals surface area contributed by atoms with Crippen molar-refractivity contribution < 1.29 is 4.74 Å². The van der Waals surface area contributed by atoms with Crippen molar-refractivity contribution in [3.05, 3.63) is 151 Å². The molecule has 5 aromatic carbocycles. The van der Waals surface area contributed by atoms with Gasteiger partial charge in [0, 0.05) is 22.7 Å². The molecule has 6 nitrogen and oxygen atoms in total. The minimum atomic E-state index is 0.198. The summed E-state index contributed by atoms with van der Waals surface area (Å²) in [6, 6.07) is 46.5. The number of ether oxygens (including phenoxy) is 1. The minimum Gasteiger partial charge on any atom is -0.424 e. The first-order valence-electron chi connectivity index (χ1n) is 13.5. The molecule has 0 saturated heterocycles. The first-order chi connectivity index (χ1) is 20.1. The van der Waals surface area contributed by atoms with Crippen molar-refractivity contribution in [2.45, 2.75) is 13.8 Å². The highest BCUT2D eigenvalue weighted by Gasteiger charge is 2.23. The van der Waals surface area contributed by atoms with Crippen LogP contribution in [-0.4, -0.2) is 15.0 Å². The monoisotopic (exact) mass is 535 g/mol. The first-order valence-corrected chi connectivity index (χ1v) is 13.5. The molecule has 1 aromatic heterocycles. The smallest absolute Gasteiger partial charge is 0.328 e. The highest BCUT2D eigenvalue weighted by Crippen LogP contribution is 2.37. The van der Waals surface area contributed by atoms with Gasteiger partial charge in [0.05, 0.1) is 0 Å². The van der Waals surface area contributed by atoms with E-state index in [9.17, 15) is 0 Å². The van der Waals surface area contributed by atoms with Crippen LogP contribution in [0.4, 0.5) is 34.6 Å². The molecule has 0 aliphatic carbocycles. The molecule has 0 N–H and O–H groups in total. The second kappa shape index (κ2) is 11.7. The van der Waals surface area contributed by atoms with Crippen molar-refractivity contribution >= 4 is 34.6 Å². The Hall–Kier alpha value is -5.49. The third kappa shape index (κ3) is 5.92. The SMILES string of the molecule is Cc1cc(C)cc(Oc2nc(N(c3ccccc3)c3ccccc3)nc(N(c3ccccc3)c3ccccc3)n2)c1. The molecule has 0 aliphatic heterocycles. The van der Waals surface area contributed by atoms with E-state index in [2.05, 4.69) is 6.07 Å². The molecule has 0 spiro atoms. The molecule has 0 unspecified atom stereocenters. The van der Waals surface area contributed by atoms with Gasteiger partial charge in [-0.3, -0.25) is 9.80 Å². The number of aryl methyl sites for hydroxylation is 2. The van der Waals surface area contributed by atoms with Gasteiger partial charge < -0.3 is 4.74 Å². The van der Waals surface area contributed by atoms with Crippen LogP contribution in [0.1, 0.15) is 11.1 Å². The molecule has 0 fully saturated rings. The molecule has 0 radical (unpaired) electrons. The van der Waals surface area contributed by atoms with Crippen LogP contribution >= 0.6 is 0 Å². The Morgan fingerprint density at radius 1 is 0.439 bits per heavy atom. The summed E-state index contributed by atoms with van der Waals surface area (Å²) < 4.78 is 6.35. The normalized spacial score (nSPS) is 10.7. The number of para-hydroxylation sites is 4. The summed E-state index contributed by atoms with van der Waals surface area (Å²) in [6.45, 7) is 4.09. The summed E-state index contributed by atoms with van der Waals surface area (Å²) in [5, 5.41) is 0. The summed E-state index contributed by atoms with van der Waals surface area (Å²) in [5.74, 6) is 1.54. The van der Waals surface area contributed by atoms with E-state index >= 15 is 0 Å². The lowest BCUT2D eigenvalue weighted by atomic mass is 10.1. The van der Waals surface area contributed by atoms with E-state index in [4.69, 9.17) is 19.7 Å². The fraction of sp³-hybridized carbons (Fsp3) is 0.0571. The lowest BCUT2D eigenvalue weighted by molar-refractivity contribution is 0.440. The van der Waals surface area contributed by atoms with Gasteiger partial charge >= 0.3 is 6.01 Å². The van der Waals surface area contributed by atoms with Gasteiger partial charge in [0.25, 0.3) is 0 Å². The minimum absolute atomic E-state index is 0.198. The van der Waals surface area contributed by atoms with E-state index in [0.717, 1.165) is 33.9 Å². The number of aromatic nitrogens is 3. The van der Waals surface area contributed by atoms with Gasteiger partial charge in [-0.15, -0.1) is 0 Å². The summed E-state index contributed by atoms with van der Waals surface area (Å²) in [7, 11) is 0. The topological polar surface area (TPSA) is 54.4 Å². The van der Waals surface area contributed by atoms with E-state index < -0.39 is 0 Å². The fourth-order valence-electron chi connectivity index (χ4n) is 4.75. The summed E-state index contributed by atoms with van der Waals surface area (Å²) >= 11 is 0. The third-order valence-corrected chi connectivity index (χ3v) is 6.45. The summed E-state index contributed by atoms with van der Waals surface area (Å²) in [5.41, 5.74) is 5.86. The van der Waals surface area contributed by atoms with Gasteiger partial charge in [-0.05, 0) is 85.6 Å². The number of benzene rings is 5. The van der Waals surface area contributed by atoms with Crippen molar-refractivity contribution in [3.63, 3.8) is 0 Å². The van der Waals surface area contributed by atoms with Crippen molar-refractivity contribution in [2.75, 3.05) is 9.80 Å². The average Bonchev–Trinajstić information content (AvgIpc) is 2.99. The standard InChI is InChI=1S/C35H29N5O/c1-26-23-27(2)25-32(24-26)41-35-37-33(39(28-15-7-3-8-16-28)29-17-9-4-10-18-29)36-34(38-35)40(30-19-11-5-12-20-30)31-21-13-6-14-22-31/h3-25H,1-2H3. The largest absolute Gasteiger partial charge is 0.424 e. The molecular formula is C35H29N5O. The Labute approximate surface area is 240 Å². The Morgan fingerprint density at radius 2 is 0.780 bits per heavy atom. The maximum absolute atomic E-state index is 6.35. The molecule has 41 heavy (non-hydrogen) atoms. The van der Waals surface area contributed by atoms with Gasteiger partial charge in [-0.2, -0.15) is 15.0 Å². The second-order valence-electron chi connectivity index (χ2n) is 9.66. The first kappa shape index (κ1) is 25.8. The van der Waals surface area contributed by atoms with Crippen molar-refractivity contribution in [2.24, 2.45) is 0 Å². The van der Waals surface area contributed by atoms with Crippen LogP contribution in [0.5, 0.6) is 11.8 Å². The van der Waals surface area contributed by atoms with Crippen LogP contribution in [0.2, 0.25) is 0 Å². The van der Waals surface area contributed by atoms with Crippen LogP contribution < -0.4 is 14.5 Å². The molecule has 6 aromatic rings. The average molecular weight is 536 g/mol. The van der Waals surface area contributed by atoms with Gasteiger partial charge in [0.1, 0.15) is 5.75 Å². The lowest BCUT2D eigenvalue weighted by Crippen LogP contribution is -2.19. The Bertz CT molecular complexity index is 1530. The van der Waals surface area contributed by atoms with Gasteiger partial charge in [-0.25, -0.2) is 0 Å².